The average molecular weight is 276 g/mol. The van der Waals surface area contributed by atoms with E-state index in [4.69, 9.17) is 9.47 Å². The Kier molecular flexibility index (Phi) is 4.54. The molecule has 0 saturated heterocycles. The molecule has 0 unspecified atom stereocenters. The lowest BCUT2D eigenvalue weighted by Crippen LogP contribution is -2.21. The van der Waals surface area contributed by atoms with E-state index in [2.05, 4.69) is 20.5 Å². The van der Waals surface area contributed by atoms with Gasteiger partial charge in [-0.3, -0.25) is 10.1 Å². The summed E-state index contributed by atoms with van der Waals surface area (Å²) in [5.74, 6) is 0.578. The van der Waals surface area contributed by atoms with Crippen LogP contribution in [0.1, 0.15) is 12.5 Å². The number of carbonyl (C=O) groups excluding carboxylic acids is 1. The minimum atomic E-state index is -0.326. The quantitative estimate of drug-likeness (QED) is 0.835. The molecule has 0 aliphatic rings. The molecule has 0 bridgehead atoms. The summed E-state index contributed by atoms with van der Waals surface area (Å²) in [7, 11) is 0. The number of aromatic amines is 1. The third-order valence-electron chi connectivity index (χ3n) is 2.45. The van der Waals surface area contributed by atoms with Crippen LogP contribution in [0.5, 0.6) is 11.8 Å². The van der Waals surface area contributed by atoms with Crippen LogP contribution >= 0.6 is 0 Å². The van der Waals surface area contributed by atoms with Gasteiger partial charge in [-0.05, 0) is 25.5 Å². The molecule has 2 N–H and O–H groups in total. The number of anilines is 1. The molecular formula is C13H16N4O3. The summed E-state index contributed by atoms with van der Waals surface area (Å²) in [6.45, 7) is 4.10. The number of nitrogens with zero attached hydrogens (tertiary/aromatic N) is 2. The number of carbonyl (C=O) groups is 1. The second-order valence-corrected chi connectivity index (χ2v) is 4.00. The first-order chi connectivity index (χ1) is 9.69. The number of rotatable bonds is 6. The fourth-order valence-corrected chi connectivity index (χ4v) is 1.53. The monoisotopic (exact) mass is 276 g/mol. The number of hydrogen-bond acceptors (Lipinski definition) is 5. The fraction of sp³-hybridized carbons (Fsp3) is 0.308. The van der Waals surface area contributed by atoms with Gasteiger partial charge in [-0.1, -0.05) is 18.2 Å². The highest BCUT2D eigenvalue weighted by Gasteiger charge is 2.09. The summed E-state index contributed by atoms with van der Waals surface area (Å²) < 4.78 is 10.5. The zero-order chi connectivity index (χ0) is 14.4. The molecule has 1 heterocycles. The van der Waals surface area contributed by atoms with Crippen molar-refractivity contribution in [2.45, 2.75) is 13.8 Å². The third-order valence-corrected chi connectivity index (χ3v) is 2.45. The van der Waals surface area contributed by atoms with Crippen LogP contribution in [0.3, 0.4) is 0 Å². The Bertz CT molecular complexity index is 583. The summed E-state index contributed by atoms with van der Waals surface area (Å²) in [5.41, 5.74) is 0.971. The Morgan fingerprint density at radius 2 is 2.15 bits per heavy atom. The van der Waals surface area contributed by atoms with Crippen LogP contribution in [0, 0.1) is 6.92 Å². The predicted molar refractivity (Wildman–Crippen MR) is 72.9 cm³/mol. The molecule has 0 fully saturated rings. The molecule has 0 aliphatic carbocycles. The Labute approximate surface area is 116 Å². The van der Waals surface area contributed by atoms with Crippen molar-refractivity contribution >= 4 is 11.9 Å². The van der Waals surface area contributed by atoms with Crippen LogP contribution in [0.25, 0.3) is 0 Å². The number of benzene rings is 1. The molecule has 0 radical (unpaired) electrons. The highest BCUT2D eigenvalue weighted by molar-refractivity contribution is 5.90. The lowest BCUT2D eigenvalue weighted by atomic mass is 10.2. The van der Waals surface area contributed by atoms with Crippen molar-refractivity contribution in [3.8, 4) is 11.8 Å². The normalized spacial score (nSPS) is 10.1. The number of aromatic nitrogens is 3. The van der Waals surface area contributed by atoms with E-state index in [1.165, 1.54) is 0 Å². The highest BCUT2D eigenvalue weighted by atomic mass is 16.5. The van der Waals surface area contributed by atoms with Crippen LogP contribution in [0.4, 0.5) is 5.95 Å². The van der Waals surface area contributed by atoms with Crippen molar-refractivity contribution < 1.29 is 14.3 Å². The first-order valence-corrected chi connectivity index (χ1v) is 6.22. The molecule has 0 aliphatic heterocycles. The maximum absolute atomic E-state index is 11.7. The van der Waals surface area contributed by atoms with Gasteiger partial charge < -0.3 is 9.47 Å². The zero-order valence-corrected chi connectivity index (χ0v) is 11.3. The second-order valence-electron chi connectivity index (χ2n) is 4.00. The molecule has 0 spiro atoms. The van der Waals surface area contributed by atoms with Crippen molar-refractivity contribution in [1.82, 2.24) is 15.2 Å². The molecule has 2 aromatic rings. The molecule has 1 aromatic carbocycles. The summed E-state index contributed by atoms with van der Waals surface area (Å²) in [6, 6.07) is 7.68. The van der Waals surface area contributed by atoms with Crippen LogP contribution in [-0.4, -0.2) is 34.3 Å². The first kappa shape index (κ1) is 13.9. The minimum Gasteiger partial charge on any atom is -0.483 e. The number of ether oxygens (including phenoxy) is 2. The summed E-state index contributed by atoms with van der Waals surface area (Å²) in [4.78, 5) is 15.6. The van der Waals surface area contributed by atoms with Gasteiger partial charge in [0.15, 0.2) is 6.61 Å². The number of para-hydroxylation sites is 1. The molecule has 7 heteroatoms. The second kappa shape index (κ2) is 6.55. The van der Waals surface area contributed by atoms with E-state index in [0.29, 0.717) is 12.4 Å². The van der Waals surface area contributed by atoms with Crippen LogP contribution in [0.15, 0.2) is 24.3 Å². The summed E-state index contributed by atoms with van der Waals surface area (Å²) in [6.07, 6.45) is 0. The summed E-state index contributed by atoms with van der Waals surface area (Å²) >= 11 is 0. The van der Waals surface area contributed by atoms with Crippen molar-refractivity contribution in [2.75, 3.05) is 18.5 Å². The van der Waals surface area contributed by atoms with Crippen LogP contribution in [-0.2, 0) is 4.79 Å². The van der Waals surface area contributed by atoms with E-state index in [1.54, 1.807) is 0 Å². The van der Waals surface area contributed by atoms with E-state index < -0.39 is 0 Å². The lowest BCUT2D eigenvalue weighted by Gasteiger charge is -2.07. The van der Waals surface area contributed by atoms with E-state index in [1.807, 2.05) is 38.1 Å². The van der Waals surface area contributed by atoms with Gasteiger partial charge in [-0.15, -0.1) is 5.10 Å². The maximum atomic E-state index is 11.7. The van der Waals surface area contributed by atoms with Gasteiger partial charge in [0.25, 0.3) is 5.91 Å². The molecule has 106 valence electrons. The van der Waals surface area contributed by atoms with Crippen molar-refractivity contribution in [2.24, 2.45) is 0 Å². The largest absolute Gasteiger partial charge is 0.483 e. The molecule has 7 nitrogen and oxygen atoms in total. The Morgan fingerprint density at radius 3 is 2.90 bits per heavy atom. The van der Waals surface area contributed by atoms with Gasteiger partial charge in [0, 0.05) is 0 Å². The third kappa shape index (κ3) is 3.71. The van der Waals surface area contributed by atoms with Gasteiger partial charge >= 0.3 is 6.01 Å². The molecule has 2 rings (SSSR count). The summed E-state index contributed by atoms with van der Waals surface area (Å²) in [5, 5.41) is 8.87. The number of aryl methyl sites for hydroxylation is 1. The van der Waals surface area contributed by atoms with E-state index >= 15 is 0 Å². The molecular weight excluding hydrogens is 260 g/mol. The number of nitrogens with one attached hydrogen (secondary N) is 2. The van der Waals surface area contributed by atoms with Gasteiger partial charge in [0.1, 0.15) is 5.75 Å². The van der Waals surface area contributed by atoms with Gasteiger partial charge in [0.05, 0.1) is 6.61 Å². The highest BCUT2D eigenvalue weighted by Crippen LogP contribution is 2.15. The number of H-pyrrole nitrogens is 1. The Balaban J connectivity index is 1.84. The van der Waals surface area contributed by atoms with Crippen molar-refractivity contribution in [3.05, 3.63) is 29.8 Å². The Hall–Kier alpha value is -2.57. The number of amides is 1. The fourth-order valence-electron chi connectivity index (χ4n) is 1.53. The molecule has 20 heavy (non-hydrogen) atoms. The maximum Gasteiger partial charge on any atom is 0.337 e. The molecule has 1 aromatic heterocycles. The topological polar surface area (TPSA) is 89.1 Å². The van der Waals surface area contributed by atoms with Crippen LogP contribution < -0.4 is 14.8 Å². The van der Waals surface area contributed by atoms with Crippen molar-refractivity contribution in [3.63, 3.8) is 0 Å². The van der Waals surface area contributed by atoms with E-state index in [9.17, 15) is 4.79 Å². The molecule has 1 amide bonds. The van der Waals surface area contributed by atoms with Crippen molar-refractivity contribution in [1.29, 1.82) is 0 Å². The standard InChI is InChI=1S/C13H16N4O3/c1-3-19-13-15-12(16-17-13)14-11(18)8-20-10-7-5-4-6-9(10)2/h4-7H,3,8H2,1-2H3,(H2,14,15,16,17,18). The van der Waals surface area contributed by atoms with Gasteiger partial charge in [-0.25, -0.2) is 5.10 Å². The zero-order valence-electron chi connectivity index (χ0n) is 11.3. The van der Waals surface area contributed by atoms with Gasteiger partial charge in [0.2, 0.25) is 5.95 Å². The average Bonchev–Trinajstić information content (AvgIpc) is 2.85. The molecule has 0 atom stereocenters. The van der Waals surface area contributed by atoms with E-state index in [-0.39, 0.29) is 24.5 Å². The molecule has 0 saturated carbocycles. The Morgan fingerprint density at radius 1 is 1.35 bits per heavy atom. The smallest absolute Gasteiger partial charge is 0.337 e. The van der Waals surface area contributed by atoms with Crippen LogP contribution in [0.2, 0.25) is 0 Å². The van der Waals surface area contributed by atoms with E-state index in [0.717, 1.165) is 5.56 Å². The first-order valence-electron chi connectivity index (χ1n) is 6.22. The minimum absolute atomic E-state index is 0.102. The number of hydrogen-bond donors (Lipinski definition) is 2. The van der Waals surface area contributed by atoms with Gasteiger partial charge in [-0.2, -0.15) is 4.98 Å². The lowest BCUT2D eigenvalue weighted by molar-refractivity contribution is -0.118. The predicted octanol–water partition coefficient (Wildman–Crippen LogP) is 1.53. The SMILES string of the molecule is CCOc1n[nH]c(NC(=O)COc2ccccc2C)n1.